The van der Waals surface area contributed by atoms with E-state index in [0.29, 0.717) is 28.4 Å². The van der Waals surface area contributed by atoms with E-state index in [0.717, 1.165) is 5.56 Å². The van der Waals surface area contributed by atoms with Crippen LogP contribution in [0, 0.1) is 25.3 Å². The van der Waals surface area contributed by atoms with Gasteiger partial charge in [0.2, 0.25) is 11.0 Å². The first-order valence-corrected chi connectivity index (χ1v) is 7.78. The van der Waals surface area contributed by atoms with Gasteiger partial charge in [-0.3, -0.25) is 0 Å². The molecule has 0 unspecified atom stereocenters. The molecule has 0 spiro atoms. The molecule has 0 amide bonds. The highest BCUT2D eigenvalue weighted by atomic mass is 35.5. The minimum Gasteiger partial charge on any atom is -0.468 e. The Morgan fingerprint density at radius 2 is 2.00 bits per heavy atom. The van der Waals surface area contributed by atoms with Gasteiger partial charge in [-0.15, -0.1) is 0 Å². The molecule has 0 N–H and O–H groups in total. The van der Waals surface area contributed by atoms with Gasteiger partial charge in [0.25, 0.3) is 0 Å². The molecule has 3 aromatic rings. The molecule has 0 bridgehead atoms. The van der Waals surface area contributed by atoms with Crippen LogP contribution in [-0.2, 0) is 0 Å². The Kier molecular flexibility index (Phi) is 4.95. The predicted molar refractivity (Wildman–Crippen MR) is 97.0 cm³/mol. The maximum Gasteiger partial charge on any atom is 0.229 e. The fourth-order valence-corrected chi connectivity index (χ4v) is 2.26. The van der Waals surface area contributed by atoms with Crippen molar-refractivity contribution in [1.82, 2.24) is 9.97 Å². The summed E-state index contributed by atoms with van der Waals surface area (Å²) < 4.78 is 5.81. The Balaban J connectivity index is 1.86. The molecule has 120 valence electrons. The Hall–Kier alpha value is -3.34. The zero-order chi connectivity index (χ0) is 17.6. The first-order chi connectivity index (χ1) is 12.1. The first-order valence-electron chi connectivity index (χ1n) is 7.40. The molecule has 2 aromatic carbocycles. The Morgan fingerprint density at radius 1 is 1.12 bits per heavy atom. The fourth-order valence-electron chi connectivity index (χ4n) is 2.12. The van der Waals surface area contributed by atoms with E-state index in [2.05, 4.69) is 26.7 Å². The Labute approximate surface area is 150 Å². The van der Waals surface area contributed by atoms with Crippen molar-refractivity contribution >= 4 is 17.3 Å². The third kappa shape index (κ3) is 4.35. The molecule has 1 aromatic heterocycles. The zero-order valence-corrected chi connectivity index (χ0v) is 14.1. The molecule has 0 fully saturated rings. The maximum absolute atomic E-state index is 7.37. The van der Waals surface area contributed by atoms with Crippen LogP contribution in [0.3, 0.4) is 0 Å². The van der Waals surface area contributed by atoms with Crippen LogP contribution in [-0.4, -0.2) is 9.97 Å². The molecular weight excluding hydrogens is 334 g/mol. The molecule has 0 aliphatic heterocycles. The average molecular weight is 346 g/mol. The minimum atomic E-state index is 0.149. The summed E-state index contributed by atoms with van der Waals surface area (Å²) in [5.74, 6) is 7.06. The number of hydrogen-bond donors (Lipinski definition) is 0. The van der Waals surface area contributed by atoms with Crippen molar-refractivity contribution in [2.45, 2.75) is 6.92 Å². The van der Waals surface area contributed by atoms with E-state index in [-0.39, 0.29) is 5.28 Å². The van der Waals surface area contributed by atoms with Crippen molar-refractivity contribution in [3.05, 3.63) is 88.2 Å². The molecule has 3 rings (SSSR count). The van der Waals surface area contributed by atoms with E-state index < -0.39 is 0 Å². The number of aryl methyl sites for hydroxylation is 1. The van der Waals surface area contributed by atoms with E-state index in [4.69, 9.17) is 22.9 Å². The van der Waals surface area contributed by atoms with E-state index in [1.165, 1.54) is 0 Å². The summed E-state index contributed by atoms with van der Waals surface area (Å²) in [5.41, 5.74) is 2.70. The highest BCUT2D eigenvalue weighted by Gasteiger charge is 2.06. The number of hydrogen-bond acceptors (Lipinski definition) is 3. The summed E-state index contributed by atoms with van der Waals surface area (Å²) in [6, 6.07) is 14.6. The van der Waals surface area contributed by atoms with Gasteiger partial charge in [-0.25, -0.2) is 14.8 Å². The normalized spacial score (nSPS) is 9.64. The molecule has 5 heteroatoms. The van der Waals surface area contributed by atoms with Crippen LogP contribution in [0.4, 0.5) is 5.69 Å². The van der Waals surface area contributed by atoms with E-state index in [1.54, 1.807) is 30.5 Å². The lowest BCUT2D eigenvalue weighted by Gasteiger charge is -2.08. The van der Waals surface area contributed by atoms with Gasteiger partial charge in [-0.1, -0.05) is 18.1 Å². The van der Waals surface area contributed by atoms with Gasteiger partial charge in [0, 0.05) is 11.8 Å². The molecule has 0 aliphatic carbocycles. The van der Waals surface area contributed by atoms with E-state index in [9.17, 15) is 0 Å². The summed E-state index contributed by atoms with van der Waals surface area (Å²) in [5, 5.41) is 0.149. The highest BCUT2D eigenvalue weighted by molar-refractivity contribution is 6.28. The first kappa shape index (κ1) is 16.5. The zero-order valence-electron chi connectivity index (χ0n) is 13.3. The molecule has 0 atom stereocenters. The van der Waals surface area contributed by atoms with Gasteiger partial charge in [-0.05, 0) is 66.4 Å². The maximum atomic E-state index is 7.37. The van der Waals surface area contributed by atoms with Crippen molar-refractivity contribution in [2.75, 3.05) is 0 Å². The average Bonchev–Trinajstić information content (AvgIpc) is 2.61. The second-order valence-electron chi connectivity index (χ2n) is 5.17. The largest absolute Gasteiger partial charge is 0.468 e. The summed E-state index contributed by atoms with van der Waals surface area (Å²) in [4.78, 5) is 11.3. The van der Waals surface area contributed by atoms with Gasteiger partial charge in [0.15, 0.2) is 0 Å². The lowest BCUT2D eigenvalue weighted by molar-refractivity contribution is 0.485. The van der Waals surface area contributed by atoms with Crippen LogP contribution in [0.15, 0.2) is 54.7 Å². The number of nitrogens with zero attached hydrogens (tertiary/aromatic N) is 3. The Morgan fingerprint density at radius 3 is 2.76 bits per heavy atom. The molecule has 0 saturated heterocycles. The second-order valence-corrected chi connectivity index (χ2v) is 5.51. The molecule has 1 heterocycles. The molecule has 4 nitrogen and oxygen atoms in total. The molecule has 0 radical (unpaired) electrons. The summed E-state index contributed by atoms with van der Waals surface area (Å²) in [6.07, 6.45) is 1.54. The topological polar surface area (TPSA) is 39.4 Å². The number of ether oxygens (including phenoxy) is 1. The third-order valence-electron chi connectivity index (χ3n) is 3.26. The third-order valence-corrected chi connectivity index (χ3v) is 3.44. The number of benzene rings is 2. The van der Waals surface area contributed by atoms with Crippen LogP contribution >= 0.6 is 11.6 Å². The minimum absolute atomic E-state index is 0.149. The van der Waals surface area contributed by atoms with E-state index in [1.807, 2.05) is 31.2 Å². The number of rotatable bonds is 2. The van der Waals surface area contributed by atoms with Crippen molar-refractivity contribution in [3.8, 4) is 23.3 Å². The lowest BCUT2D eigenvalue weighted by Crippen LogP contribution is -1.87. The summed E-state index contributed by atoms with van der Waals surface area (Å²) >= 11 is 5.74. The van der Waals surface area contributed by atoms with Gasteiger partial charge in [0.1, 0.15) is 17.2 Å². The van der Waals surface area contributed by atoms with E-state index >= 15 is 0 Å². The smallest absolute Gasteiger partial charge is 0.229 e. The monoisotopic (exact) mass is 345 g/mol. The van der Waals surface area contributed by atoms with Crippen LogP contribution in [0.25, 0.3) is 4.85 Å². The molecule has 0 saturated carbocycles. The van der Waals surface area contributed by atoms with Gasteiger partial charge < -0.3 is 4.74 Å². The second kappa shape index (κ2) is 7.49. The van der Waals surface area contributed by atoms with Gasteiger partial charge >= 0.3 is 0 Å². The lowest BCUT2D eigenvalue weighted by atomic mass is 10.2. The Bertz CT molecular complexity index is 1030. The van der Waals surface area contributed by atoms with Crippen LogP contribution in [0.1, 0.15) is 16.8 Å². The van der Waals surface area contributed by atoms with Gasteiger partial charge in [0.05, 0.1) is 6.57 Å². The van der Waals surface area contributed by atoms with Crippen LogP contribution in [0.2, 0.25) is 5.28 Å². The quantitative estimate of drug-likeness (QED) is 0.365. The standard InChI is InChI=1S/C20H12ClN3O/c1-14-4-3-5-17(12-14)25-19-9-7-15(13-18(19)22-2)6-8-16-10-11-23-20(21)24-16/h3-5,7,9-13H,1H3. The van der Waals surface area contributed by atoms with Crippen molar-refractivity contribution in [3.63, 3.8) is 0 Å². The van der Waals surface area contributed by atoms with Crippen molar-refractivity contribution < 1.29 is 4.74 Å². The SMILES string of the molecule is [C-]#[N+]c1cc(C#Cc2ccnc(Cl)n2)ccc1Oc1cccc(C)c1. The summed E-state index contributed by atoms with van der Waals surface area (Å²) in [7, 11) is 0. The van der Waals surface area contributed by atoms with Crippen LogP contribution < -0.4 is 4.74 Å². The molecular formula is C20H12ClN3O. The number of halogens is 1. The highest BCUT2D eigenvalue weighted by Crippen LogP contribution is 2.32. The molecule has 25 heavy (non-hydrogen) atoms. The molecule has 0 aliphatic rings. The predicted octanol–water partition coefficient (Wildman–Crippen LogP) is 5.18. The van der Waals surface area contributed by atoms with Crippen molar-refractivity contribution in [1.29, 1.82) is 0 Å². The summed E-state index contributed by atoms with van der Waals surface area (Å²) in [6.45, 7) is 9.36. The fraction of sp³-hybridized carbons (Fsp3) is 0.0500. The number of aromatic nitrogens is 2. The van der Waals surface area contributed by atoms with Gasteiger partial charge in [-0.2, -0.15) is 0 Å². The van der Waals surface area contributed by atoms with Crippen LogP contribution in [0.5, 0.6) is 11.5 Å². The van der Waals surface area contributed by atoms with Crippen molar-refractivity contribution in [2.24, 2.45) is 0 Å².